The van der Waals surface area contributed by atoms with Gasteiger partial charge in [-0.25, -0.2) is 0 Å². The summed E-state index contributed by atoms with van der Waals surface area (Å²) in [5.74, 6) is 0.225. The maximum absolute atomic E-state index is 12.3. The van der Waals surface area contributed by atoms with Gasteiger partial charge in [-0.1, -0.05) is 30.3 Å². The topological polar surface area (TPSA) is 63.3 Å². The van der Waals surface area contributed by atoms with E-state index < -0.39 is 5.54 Å². The summed E-state index contributed by atoms with van der Waals surface area (Å²) in [4.78, 5) is 13.4. The van der Waals surface area contributed by atoms with E-state index in [1.54, 1.807) is 11.3 Å². The molecule has 4 heteroatoms. The van der Waals surface area contributed by atoms with E-state index in [0.717, 1.165) is 36.1 Å². The van der Waals surface area contributed by atoms with E-state index in [9.17, 15) is 9.90 Å². The van der Waals surface area contributed by atoms with Gasteiger partial charge < -0.3 is 10.8 Å². The maximum Gasteiger partial charge on any atom is 0.163 e. The van der Waals surface area contributed by atoms with Gasteiger partial charge in [0.05, 0.1) is 6.61 Å². The summed E-state index contributed by atoms with van der Waals surface area (Å²) in [7, 11) is 0. The van der Waals surface area contributed by atoms with Crippen LogP contribution in [-0.4, -0.2) is 23.0 Å². The van der Waals surface area contributed by atoms with Gasteiger partial charge in [-0.05, 0) is 50.7 Å². The molecule has 1 heterocycles. The van der Waals surface area contributed by atoms with Crippen molar-refractivity contribution in [1.29, 1.82) is 0 Å². The second kappa shape index (κ2) is 9.11. The van der Waals surface area contributed by atoms with E-state index in [-0.39, 0.29) is 12.4 Å². The third-order valence-corrected chi connectivity index (χ3v) is 5.24. The number of hydrogen-bond acceptors (Lipinski definition) is 4. The fourth-order valence-corrected chi connectivity index (χ4v) is 3.44. The van der Waals surface area contributed by atoms with Gasteiger partial charge in [0.1, 0.15) is 0 Å². The van der Waals surface area contributed by atoms with Crippen LogP contribution in [0.3, 0.4) is 0 Å². The molecule has 3 nitrogen and oxygen atoms in total. The molecule has 3 N–H and O–H groups in total. The van der Waals surface area contributed by atoms with Gasteiger partial charge in [0.25, 0.3) is 0 Å². The molecule has 0 saturated heterocycles. The van der Waals surface area contributed by atoms with Crippen LogP contribution in [0.2, 0.25) is 0 Å². The summed E-state index contributed by atoms with van der Waals surface area (Å²) in [5, 5.41) is 11.1. The van der Waals surface area contributed by atoms with Crippen LogP contribution < -0.4 is 5.73 Å². The third-order valence-electron chi connectivity index (χ3n) is 4.24. The van der Waals surface area contributed by atoms with Crippen molar-refractivity contribution >= 4 is 17.1 Å². The highest BCUT2D eigenvalue weighted by atomic mass is 32.1. The van der Waals surface area contributed by atoms with Gasteiger partial charge in [0, 0.05) is 27.8 Å². The molecule has 130 valence electrons. The Morgan fingerprint density at radius 2 is 1.96 bits per heavy atom. The van der Waals surface area contributed by atoms with Gasteiger partial charge >= 0.3 is 0 Å². The number of carbonyl (C=O) groups excluding carboxylic acids is 1. The highest BCUT2D eigenvalue weighted by Gasteiger charge is 2.17. The molecule has 0 saturated carbocycles. The third kappa shape index (κ3) is 6.19. The van der Waals surface area contributed by atoms with Crippen molar-refractivity contribution in [2.75, 3.05) is 6.61 Å². The van der Waals surface area contributed by atoms with Crippen molar-refractivity contribution in [2.45, 2.75) is 51.0 Å². The number of carbonyl (C=O) groups is 1. The number of aryl methyl sites for hydroxylation is 2. The summed E-state index contributed by atoms with van der Waals surface area (Å²) in [6, 6.07) is 12.4. The number of aliphatic hydroxyl groups is 1. The molecule has 24 heavy (non-hydrogen) atoms. The zero-order chi connectivity index (χ0) is 17.4. The fourth-order valence-electron chi connectivity index (χ4n) is 2.55. The smallest absolute Gasteiger partial charge is 0.163 e. The molecule has 0 amide bonds. The highest BCUT2D eigenvalue weighted by Crippen LogP contribution is 2.21. The van der Waals surface area contributed by atoms with E-state index in [2.05, 4.69) is 24.3 Å². The Labute approximate surface area is 148 Å². The van der Waals surface area contributed by atoms with E-state index >= 15 is 0 Å². The van der Waals surface area contributed by atoms with Crippen molar-refractivity contribution in [3.05, 3.63) is 57.8 Å². The van der Waals surface area contributed by atoms with Gasteiger partial charge in [0.15, 0.2) is 5.78 Å². The van der Waals surface area contributed by atoms with Gasteiger partial charge in [-0.2, -0.15) is 0 Å². The van der Waals surface area contributed by atoms with Crippen LogP contribution in [0, 0.1) is 0 Å². The highest BCUT2D eigenvalue weighted by molar-refractivity contribution is 7.10. The van der Waals surface area contributed by atoms with Crippen LogP contribution in [0.5, 0.6) is 0 Å². The lowest BCUT2D eigenvalue weighted by Gasteiger charge is -2.20. The number of ketones is 1. The van der Waals surface area contributed by atoms with Crippen LogP contribution >= 0.6 is 11.3 Å². The minimum atomic E-state index is -0.550. The molecule has 0 aliphatic rings. The number of nitrogens with two attached hydrogens (primary N) is 1. The number of thiophene rings is 1. The lowest BCUT2D eigenvalue weighted by molar-refractivity contribution is 0.0979. The molecule has 0 spiro atoms. The Morgan fingerprint density at radius 3 is 2.67 bits per heavy atom. The molecule has 1 aromatic carbocycles. The van der Waals surface area contributed by atoms with Crippen molar-refractivity contribution < 1.29 is 9.90 Å². The van der Waals surface area contributed by atoms with Crippen LogP contribution in [-0.2, 0) is 12.8 Å². The first-order chi connectivity index (χ1) is 11.5. The van der Waals surface area contributed by atoms with Crippen LogP contribution in [0.25, 0.3) is 0 Å². The molecule has 0 aliphatic heterocycles. The second-order valence-electron chi connectivity index (χ2n) is 6.73. The quantitative estimate of drug-likeness (QED) is 0.505. The summed E-state index contributed by atoms with van der Waals surface area (Å²) in [6.45, 7) is 1.82. The first-order valence-electron chi connectivity index (χ1n) is 8.54. The Hall–Kier alpha value is -1.49. The number of aliphatic hydroxyl groups excluding tert-OH is 1. The van der Waals surface area contributed by atoms with Crippen molar-refractivity contribution in [3.63, 3.8) is 0 Å². The molecule has 1 aromatic heterocycles. The largest absolute Gasteiger partial charge is 0.394 e. The molecule has 1 unspecified atom stereocenters. The van der Waals surface area contributed by atoms with E-state index in [4.69, 9.17) is 5.73 Å². The number of unbranched alkanes of at least 4 members (excludes halogenated alkanes) is 1. The Balaban J connectivity index is 1.73. The molecular weight excluding hydrogens is 318 g/mol. The molecule has 1 atom stereocenters. The molecule has 2 aromatic rings. The molecule has 0 radical (unpaired) electrons. The number of hydrogen-bond donors (Lipinski definition) is 2. The summed E-state index contributed by atoms with van der Waals surface area (Å²) < 4.78 is 0. The predicted molar refractivity (Wildman–Crippen MR) is 101 cm³/mol. The molecule has 0 aliphatic carbocycles. The zero-order valence-electron chi connectivity index (χ0n) is 14.3. The van der Waals surface area contributed by atoms with Gasteiger partial charge in [0.2, 0.25) is 0 Å². The normalized spacial score (nSPS) is 13.6. The minimum Gasteiger partial charge on any atom is -0.394 e. The monoisotopic (exact) mass is 345 g/mol. The average Bonchev–Trinajstić information content (AvgIpc) is 3.07. The molecule has 0 fully saturated rings. The van der Waals surface area contributed by atoms with E-state index in [1.807, 2.05) is 24.4 Å². The van der Waals surface area contributed by atoms with Gasteiger partial charge in [-0.3, -0.25) is 4.79 Å². The summed E-state index contributed by atoms with van der Waals surface area (Å²) in [5.41, 5.74) is 7.54. The lowest BCUT2D eigenvalue weighted by Crippen LogP contribution is -2.40. The van der Waals surface area contributed by atoms with Gasteiger partial charge in [-0.15, -0.1) is 11.3 Å². The van der Waals surface area contributed by atoms with E-state index in [1.165, 1.54) is 5.56 Å². The lowest BCUT2D eigenvalue weighted by atomic mass is 9.97. The minimum absolute atomic E-state index is 0.0222. The number of rotatable bonds is 10. The first-order valence-corrected chi connectivity index (χ1v) is 9.42. The number of Topliss-reactive ketones (excluding diaryl/α,β-unsaturated/α-hetero) is 1. The maximum atomic E-state index is 12.3. The Morgan fingerprint density at radius 1 is 1.21 bits per heavy atom. The average molecular weight is 346 g/mol. The van der Waals surface area contributed by atoms with Crippen LogP contribution in [0.4, 0.5) is 0 Å². The SMILES string of the molecule is CC(N)(CO)CCc1cc(C(=O)CCCCc2ccccc2)cs1. The van der Waals surface area contributed by atoms with Crippen molar-refractivity contribution in [2.24, 2.45) is 5.73 Å². The van der Waals surface area contributed by atoms with E-state index in [0.29, 0.717) is 12.8 Å². The predicted octanol–water partition coefficient (Wildman–Crippen LogP) is 3.99. The molecule has 0 bridgehead atoms. The Kier molecular flexibility index (Phi) is 7.16. The van der Waals surface area contributed by atoms with Crippen LogP contribution in [0.15, 0.2) is 41.8 Å². The number of benzene rings is 1. The fraction of sp³-hybridized carbons (Fsp3) is 0.450. The van der Waals surface area contributed by atoms with Crippen molar-refractivity contribution in [1.82, 2.24) is 0 Å². The molecule has 2 rings (SSSR count). The summed E-state index contributed by atoms with van der Waals surface area (Å²) in [6.07, 6.45) is 5.11. The second-order valence-corrected chi connectivity index (χ2v) is 7.73. The van der Waals surface area contributed by atoms with Crippen LogP contribution in [0.1, 0.15) is 53.4 Å². The van der Waals surface area contributed by atoms with Crippen molar-refractivity contribution in [3.8, 4) is 0 Å². The zero-order valence-corrected chi connectivity index (χ0v) is 15.1. The first kappa shape index (κ1) is 18.8. The standard InChI is InChI=1S/C20H27NO2S/c1-20(21,15-22)12-11-18-13-17(14-24-18)19(23)10-6-5-9-16-7-3-2-4-8-16/h2-4,7-8,13-14,22H,5-6,9-12,15,21H2,1H3. The summed E-state index contributed by atoms with van der Waals surface area (Å²) >= 11 is 1.61. The molecular formula is C20H27NO2S. The Bertz CT molecular complexity index is 634.